The van der Waals surface area contributed by atoms with Crippen LogP contribution in [-0.2, 0) is 0 Å². The molecule has 0 radical (unpaired) electrons. The number of thiazole rings is 1. The minimum Gasteiger partial charge on any atom is -0.454 e. The van der Waals surface area contributed by atoms with Crippen LogP contribution in [0, 0.1) is 0 Å². The largest absolute Gasteiger partial charge is 0.454 e. The van der Waals surface area contributed by atoms with Crippen molar-refractivity contribution in [2.45, 2.75) is 0 Å². The van der Waals surface area contributed by atoms with E-state index in [0.717, 1.165) is 11.0 Å². The molecule has 4 aromatic rings. The van der Waals surface area contributed by atoms with E-state index in [1.807, 2.05) is 35.7 Å². The summed E-state index contributed by atoms with van der Waals surface area (Å²) in [6.45, 7) is 0. The lowest BCUT2D eigenvalue weighted by atomic mass is 10.2. The molecule has 25 heavy (non-hydrogen) atoms. The Balaban J connectivity index is 1.57. The summed E-state index contributed by atoms with van der Waals surface area (Å²) in [7, 11) is 0. The van der Waals surface area contributed by atoms with Crippen LogP contribution < -0.4 is 5.32 Å². The number of hydrogen-bond donors (Lipinski definition) is 1. The lowest BCUT2D eigenvalue weighted by Gasteiger charge is -2.04. The van der Waals surface area contributed by atoms with Crippen LogP contribution in [0.5, 0.6) is 0 Å². The third-order valence-corrected chi connectivity index (χ3v) is 4.88. The van der Waals surface area contributed by atoms with Crippen LogP contribution in [0.3, 0.4) is 0 Å². The zero-order chi connectivity index (χ0) is 17.4. The fourth-order valence-corrected chi connectivity index (χ4v) is 3.58. The van der Waals surface area contributed by atoms with Crippen molar-refractivity contribution in [3.63, 3.8) is 0 Å². The molecular formula is C18H10Cl2N2O2S. The fourth-order valence-electron chi connectivity index (χ4n) is 2.39. The summed E-state index contributed by atoms with van der Waals surface area (Å²) in [6.07, 6.45) is 0. The number of rotatable bonds is 3. The standard InChI is InChI=1S/C18H10Cl2N2O2S/c19-11-5-6-12(13(20)8-11)17(23)22-18-21-14(9-25-18)16-7-10-3-1-2-4-15(10)24-16/h1-9H,(H,21,22,23). The van der Waals surface area contributed by atoms with Gasteiger partial charge in [0.2, 0.25) is 0 Å². The van der Waals surface area contributed by atoms with Gasteiger partial charge in [0.15, 0.2) is 10.9 Å². The second-order valence-corrected chi connectivity index (χ2v) is 6.97. The maximum Gasteiger partial charge on any atom is 0.258 e. The van der Waals surface area contributed by atoms with Gasteiger partial charge in [0.05, 0.1) is 10.6 Å². The number of halogens is 2. The topological polar surface area (TPSA) is 55.1 Å². The van der Waals surface area contributed by atoms with Crippen LogP contribution in [0.4, 0.5) is 5.13 Å². The molecule has 0 bridgehead atoms. The number of furan rings is 1. The summed E-state index contributed by atoms with van der Waals surface area (Å²) in [5.41, 5.74) is 1.80. The van der Waals surface area contributed by atoms with Crippen molar-refractivity contribution in [3.8, 4) is 11.5 Å². The lowest BCUT2D eigenvalue weighted by molar-refractivity contribution is 0.102. The molecule has 0 unspecified atom stereocenters. The monoisotopic (exact) mass is 388 g/mol. The Kier molecular flexibility index (Phi) is 4.21. The summed E-state index contributed by atoms with van der Waals surface area (Å²) in [5.74, 6) is 0.314. The van der Waals surface area contributed by atoms with Gasteiger partial charge in [0.1, 0.15) is 11.3 Å². The first kappa shape index (κ1) is 16.1. The van der Waals surface area contributed by atoms with Crippen LogP contribution >= 0.6 is 34.5 Å². The van der Waals surface area contributed by atoms with Gasteiger partial charge < -0.3 is 4.42 Å². The molecule has 0 fully saturated rings. The molecule has 0 atom stereocenters. The highest BCUT2D eigenvalue weighted by Crippen LogP contribution is 2.30. The first-order valence-electron chi connectivity index (χ1n) is 7.31. The summed E-state index contributed by atoms with van der Waals surface area (Å²) in [5, 5.41) is 6.81. The highest BCUT2D eigenvalue weighted by atomic mass is 35.5. The SMILES string of the molecule is O=C(Nc1nc(-c2cc3ccccc3o2)cs1)c1ccc(Cl)cc1Cl. The van der Waals surface area contributed by atoms with Crippen LogP contribution in [0.15, 0.2) is 58.3 Å². The third-order valence-electron chi connectivity index (χ3n) is 3.58. The summed E-state index contributed by atoms with van der Waals surface area (Å²) in [4.78, 5) is 16.7. The van der Waals surface area contributed by atoms with Gasteiger partial charge in [-0.05, 0) is 30.3 Å². The number of hydrogen-bond acceptors (Lipinski definition) is 4. The number of nitrogens with one attached hydrogen (secondary N) is 1. The van der Waals surface area contributed by atoms with E-state index in [1.54, 1.807) is 12.1 Å². The smallest absolute Gasteiger partial charge is 0.258 e. The van der Waals surface area contributed by atoms with E-state index in [1.165, 1.54) is 17.4 Å². The minimum atomic E-state index is -0.341. The molecule has 0 saturated heterocycles. The number of fused-ring (bicyclic) bond motifs is 1. The lowest BCUT2D eigenvalue weighted by Crippen LogP contribution is -2.12. The van der Waals surface area contributed by atoms with Gasteiger partial charge in [-0.2, -0.15) is 0 Å². The molecule has 2 heterocycles. The van der Waals surface area contributed by atoms with Gasteiger partial charge in [0, 0.05) is 15.8 Å². The number of amides is 1. The average Bonchev–Trinajstić information content (AvgIpc) is 3.20. The van der Waals surface area contributed by atoms with E-state index in [4.69, 9.17) is 27.6 Å². The highest BCUT2D eigenvalue weighted by molar-refractivity contribution is 7.14. The second kappa shape index (κ2) is 6.52. The predicted molar refractivity (Wildman–Crippen MR) is 102 cm³/mol. The Hall–Kier alpha value is -2.34. The molecule has 0 aliphatic heterocycles. The van der Waals surface area contributed by atoms with Gasteiger partial charge in [-0.25, -0.2) is 4.98 Å². The second-order valence-electron chi connectivity index (χ2n) is 5.26. The van der Waals surface area contributed by atoms with Crippen LogP contribution in [0.1, 0.15) is 10.4 Å². The quantitative estimate of drug-likeness (QED) is 0.460. The van der Waals surface area contributed by atoms with Gasteiger partial charge in [-0.3, -0.25) is 10.1 Å². The van der Waals surface area contributed by atoms with E-state index in [0.29, 0.717) is 32.2 Å². The van der Waals surface area contributed by atoms with E-state index in [-0.39, 0.29) is 5.91 Å². The number of carbonyl (C=O) groups is 1. The molecule has 0 saturated carbocycles. The van der Waals surface area contributed by atoms with Crippen molar-refractivity contribution in [2.75, 3.05) is 5.32 Å². The molecule has 7 heteroatoms. The van der Waals surface area contributed by atoms with Gasteiger partial charge in [-0.1, -0.05) is 41.4 Å². The van der Waals surface area contributed by atoms with E-state index < -0.39 is 0 Å². The molecule has 4 nitrogen and oxygen atoms in total. The molecule has 0 spiro atoms. The molecule has 1 N–H and O–H groups in total. The van der Waals surface area contributed by atoms with Crippen molar-refractivity contribution >= 4 is 56.5 Å². The first-order valence-corrected chi connectivity index (χ1v) is 8.94. The van der Waals surface area contributed by atoms with Crippen molar-refractivity contribution in [1.82, 2.24) is 4.98 Å². The van der Waals surface area contributed by atoms with E-state index in [2.05, 4.69) is 10.3 Å². The molecule has 2 aromatic heterocycles. The summed E-state index contributed by atoms with van der Waals surface area (Å²) < 4.78 is 5.79. The number of carbonyl (C=O) groups excluding carboxylic acids is 1. The molecule has 4 rings (SSSR count). The highest BCUT2D eigenvalue weighted by Gasteiger charge is 2.15. The molecule has 2 aromatic carbocycles. The van der Waals surface area contributed by atoms with Crippen molar-refractivity contribution in [2.24, 2.45) is 0 Å². The molecule has 0 aliphatic carbocycles. The maximum absolute atomic E-state index is 12.3. The Labute approximate surface area is 157 Å². The normalized spacial score (nSPS) is 11.0. The number of aromatic nitrogens is 1. The fraction of sp³-hybridized carbons (Fsp3) is 0. The van der Waals surface area contributed by atoms with Crippen LogP contribution in [0.25, 0.3) is 22.4 Å². The molecular weight excluding hydrogens is 379 g/mol. The van der Waals surface area contributed by atoms with Crippen LogP contribution in [0.2, 0.25) is 10.0 Å². The number of anilines is 1. The zero-order valence-electron chi connectivity index (χ0n) is 12.6. The summed E-state index contributed by atoms with van der Waals surface area (Å²) in [6, 6.07) is 14.4. The Morgan fingerprint density at radius 1 is 1.12 bits per heavy atom. The predicted octanol–water partition coefficient (Wildman–Crippen LogP) is 6.12. The van der Waals surface area contributed by atoms with Crippen molar-refractivity contribution in [3.05, 3.63) is 69.5 Å². The third kappa shape index (κ3) is 3.26. The summed E-state index contributed by atoms with van der Waals surface area (Å²) >= 11 is 13.2. The molecule has 1 amide bonds. The maximum atomic E-state index is 12.3. The van der Waals surface area contributed by atoms with E-state index in [9.17, 15) is 4.79 Å². The number of para-hydroxylation sites is 1. The zero-order valence-corrected chi connectivity index (χ0v) is 15.0. The van der Waals surface area contributed by atoms with Gasteiger partial charge in [0.25, 0.3) is 5.91 Å². The molecule has 124 valence electrons. The Bertz CT molecular complexity index is 1050. The van der Waals surface area contributed by atoms with Crippen molar-refractivity contribution < 1.29 is 9.21 Å². The Morgan fingerprint density at radius 2 is 1.96 bits per heavy atom. The van der Waals surface area contributed by atoms with Crippen molar-refractivity contribution in [1.29, 1.82) is 0 Å². The average molecular weight is 389 g/mol. The number of nitrogens with zero attached hydrogens (tertiary/aromatic N) is 1. The van der Waals surface area contributed by atoms with E-state index >= 15 is 0 Å². The minimum absolute atomic E-state index is 0.291. The van der Waals surface area contributed by atoms with Gasteiger partial charge in [-0.15, -0.1) is 11.3 Å². The molecule has 0 aliphatic rings. The van der Waals surface area contributed by atoms with Crippen LogP contribution in [-0.4, -0.2) is 10.9 Å². The Morgan fingerprint density at radius 3 is 2.76 bits per heavy atom. The number of benzene rings is 2. The van der Waals surface area contributed by atoms with Gasteiger partial charge >= 0.3 is 0 Å². The first-order chi connectivity index (χ1) is 12.1.